The molecule has 0 aromatic heterocycles. The standard InChI is InChI=1S/C19H19Cl4NO2/c1-2-3-4-5-8-26-18-15(22)9-12(10-16(18)23)19(25)24-17-7-6-13(20)11-14(17)21/h6-7,9-11H,2-5,8H2,1H3,(H,24,25). The van der Waals surface area contributed by atoms with E-state index in [2.05, 4.69) is 12.2 Å². The van der Waals surface area contributed by atoms with Crippen molar-refractivity contribution in [2.24, 2.45) is 0 Å². The van der Waals surface area contributed by atoms with Crippen LogP contribution in [0.5, 0.6) is 5.75 Å². The number of rotatable bonds is 8. The molecule has 1 N–H and O–H groups in total. The minimum absolute atomic E-state index is 0.292. The van der Waals surface area contributed by atoms with Gasteiger partial charge < -0.3 is 10.1 Å². The molecule has 7 heteroatoms. The predicted molar refractivity (Wildman–Crippen MR) is 111 cm³/mol. The molecule has 0 heterocycles. The Balaban J connectivity index is 2.06. The number of benzene rings is 2. The first-order valence-electron chi connectivity index (χ1n) is 8.30. The summed E-state index contributed by atoms with van der Waals surface area (Å²) >= 11 is 24.4. The molecule has 0 aliphatic rings. The van der Waals surface area contributed by atoms with Crippen molar-refractivity contribution >= 4 is 58.0 Å². The van der Waals surface area contributed by atoms with Crippen LogP contribution in [0.25, 0.3) is 0 Å². The Hall–Kier alpha value is -1.13. The molecule has 0 radical (unpaired) electrons. The summed E-state index contributed by atoms with van der Waals surface area (Å²) in [6.07, 6.45) is 4.34. The Kier molecular flexibility index (Phi) is 8.36. The molecule has 0 unspecified atom stereocenters. The minimum atomic E-state index is -0.382. The van der Waals surface area contributed by atoms with Crippen LogP contribution in [-0.2, 0) is 0 Å². The fourth-order valence-electron chi connectivity index (χ4n) is 2.32. The van der Waals surface area contributed by atoms with E-state index in [1.54, 1.807) is 18.2 Å². The third-order valence-electron chi connectivity index (χ3n) is 3.68. The molecule has 2 aromatic carbocycles. The summed E-state index contributed by atoms with van der Waals surface area (Å²) in [6, 6.07) is 7.86. The van der Waals surface area contributed by atoms with Gasteiger partial charge >= 0.3 is 0 Å². The second kappa shape index (κ2) is 10.3. The van der Waals surface area contributed by atoms with Crippen molar-refractivity contribution in [3.05, 3.63) is 56.0 Å². The molecule has 140 valence electrons. The molecule has 26 heavy (non-hydrogen) atoms. The van der Waals surface area contributed by atoms with E-state index in [-0.39, 0.29) is 5.91 Å². The van der Waals surface area contributed by atoms with E-state index in [1.165, 1.54) is 12.1 Å². The van der Waals surface area contributed by atoms with Crippen LogP contribution in [0.4, 0.5) is 5.69 Å². The van der Waals surface area contributed by atoms with E-state index in [4.69, 9.17) is 51.1 Å². The van der Waals surface area contributed by atoms with Gasteiger partial charge in [-0.15, -0.1) is 0 Å². The number of carbonyl (C=O) groups excluding carboxylic acids is 1. The molecule has 3 nitrogen and oxygen atoms in total. The molecule has 1 amide bonds. The van der Waals surface area contributed by atoms with Crippen molar-refractivity contribution in [2.45, 2.75) is 32.6 Å². The Morgan fingerprint density at radius 2 is 1.65 bits per heavy atom. The molecule has 0 saturated heterocycles. The minimum Gasteiger partial charge on any atom is -0.490 e. The summed E-state index contributed by atoms with van der Waals surface area (Å²) in [6.45, 7) is 2.68. The van der Waals surface area contributed by atoms with Crippen LogP contribution in [0, 0.1) is 0 Å². The largest absolute Gasteiger partial charge is 0.490 e. The highest BCUT2D eigenvalue weighted by Gasteiger charge is 2.15. The smallest absolute Gasteiger partial charge is 0.255 e. The highest BCUT2D eigenvalue weighted by molar-refractivity contribution is 6.38. The van der Waals surface area contributed by atoms with E-state index in [9.17, 15) is 4.79 Å². The van der Waals surface area contributed by atoms with E-state index in [1.807, 2.05) is 0 Å². The van der Waals surface area contributed by atoms with Gasteiger partial charge in [-0.3, -0.25) is 4.79 Å². The Bertz CT molecular complexity index is 757. The van der Waals surface area contributed by atoms with Crippen molar-refractivity contribution in [1.82, 2.24) is 0 Å². The first-order chi connectivity index (χ1) is 12.4. The van der Waals surface area contributed by atoms with Crippen LogP contribution >= 0.6 is 46.4 Å². The summed E-state index contributed by atoms with van der Waals surface area (Å²) in [5.41, 5.74) is 0.758. The number of unbranched alkanes of at least 4 members (excludes halogenated alkanes) is 3. The van der Waals surface area contributed by atoms with E-state index in [0.717, 1.165) is 25.7 Å². The predicted octanol–water partition coefficient (Wildman–Crippen LogP) is 7.51. The average Bonchev–Trinajstić information content (AvgIpc) is 2.59. The lowest BCUT2D eigenvalue weighted by Crippen LogP contribution is -2.12. The molecule has 2 aromatic rings. The summed E-state index contributed by atoms with van der Waals surface area (Å²) in [5, 5.41) is 4.12. The van der Waals surface area contributed by atoms with E-state index >= 15 is 0 Å². The second-order valence-corrected chi connectivity index (χ2v) is 7.41. The van der Waals surface area contributed by atoms with Crippen molar-refractivity contribution in [3.63, 3.8) is 0 Å². The molecule has 0 spiro atoms. The summed E-state index contributed by atoms with van der Waals surface area (Å²) in [7, 11) is 0. The molecule has 0 bridgehead atoms. The van der Waals surface area contributed by atoms with Gasteiger partial charge in [0.25, 0.3) is 5.91 Å². The van der Waals surface area contributed by atoms with Gasteiger partial charge in [0.15, 0.2) is 5.75 Å². The maximum Gasteiger partial charge on any atom is 0.255 e. The number of carbonyl (C=O) groups is 1. The number of anilines is 1. The zero-order chi connectivity index (χ0) is 19.1. The Labute approximate surface area is 173 Å². The zero-order valence-corrected chi connectivity index (χ0v) is 17.3. The normalized spacial score (nSPS) is 10.7. The lowest BCUT2D eigenvalue weighted by Gasteiger charge is -2.12. The van der Waals surface area contributed by atoms with Gasteiger partial charge in [0.05, 0.1) is 27.4 Å². The van der Waals surface area contributed by atoms with Crippen LogP contribution in [0.15, 0.2) is 30.3 Å². The summed E-state index contributed by atoms with van der Waals surface area (Å²) in [4.78, 5) is 12.4. The third-order valence-corrected chi connectivity index (χ3v) is 4.79. The summed E-state index contributed by atoms with van der Waals surface area (Å²) in [5.74, 6) is 0.0124. The molecular weight excluding hydrogens is 416 g/mol. The van der Waals surface area contributed by atoms with E-state index < -0.39 is 0 Å². The summed E-state index contributed by atoms with van der Waals surface area (Å²) < 4.78 is 5.67. The van der Waals surface area contributed by atoms with Crippen molar-refractivity contribution in [2.75, 3.05) is 11.9 Å². The highest BCUT2D eigenvalue weighted by Crippen LogP contribution is 2.35. The molecular formula is C19H19Cl4NO2. The first kappa shape index (κ1) is 21.2. The van der Waals surface area contributed by atoms with Gasteiger partial charge in [0, 0.05) is 10.6 Å². The maximum atomic E-state index is 12.4. The average molecular weight is 435 g/mol. The Morgan fingerprint density at radius 1 is 0.962 bits per heavy atom. The molecule has 2 rings (SSSR count). The molecule has 0 saturated carbocycles. The van der Waals surface area contributed by atoms with Crippen LogP contribution in [-0.4, -0.2) is 12.5 Å². The lowest BCUT2D eigenvalue weighted by atomic mass is 10.2. The van der Waals surface area contributed by atoms with Gasteiger partial charge in [-0.1, -0.05) is 72.6 Å². The SMILES string of the molecule is CCCCCCOc1c(Cl)cc(C(=O)Nc2ccc(Cl)cc2Cl)cc1Cl. The number of ether oxygens (including phenoxy) is 1. The van der Waals surface area contributed by atoms with Crippen LogP contribution in [0.3, 0.4) is 0 Å². The lowest BCUT2D eigenvalue weighted by molar-refractivity contribution is 0.102. The molecule has 0 atom stereocenters. The number of hydrogen-bond acceptors (Lipinski definition) is 2. The maximum absolute atomic E-state index is 12.4. The van der Waals surface area contributed by atoms with Crippen molar-refractivity contribution in [1.29, 1.82) is 0 Å². The van der Waals surface area contributed by atoms with Gasteiger partial charge in [-0.05, 0) is 36.8 Å². The van der Waals surface area contributed by atoms with Gasteiger partial charge in [-0.25, -0.2) is 0 Å². The Morgan fingerprint density at radius 3 is 2.27 bits per heavy atom. The molecule has 0 aliphatic heterocycles. The van der Waals surface area contributed by atoms with Gasteiger partial charge in [0.1, 0.15) is 0 Å². The number of hydrogen-bond donors (Lipinski definition) is 1. The quantitative estimate of drug-likeness (QED) is 0.436. The number of amides is 1. The number of halogens is 4. The van der Waals surface area contributed by atoms with Crippen molar-refractivity contribution in [3.8, 4) is 5.75 Å². The van der Waals surface area contributed by atoms with Crippen LogP contribution in [0.2, 0.25) is 20.1 Å². The monoisotopic (exact) mass is 433 g/mol. The third kappa shape index (κ3) is 5.95. The van der Waals surface area contributed by atoms with Crippen LogP contribution in [0.1, 0.15) is 43.0 Å². The topological polar surface area (TPSA) is 38.3 Å². The van der Waals surface area contributed by atoms with Gasteiger partial charge in [0.2, 0.25) is 0 Å². The highest BCUT2D eigenvalue weighted by atomic mass is 35.5. The molecule has 0 aliphatic carbocycles. The van der Waals surface area contributed by atoms with E-state index in [0.29, 0.717) is 43.7 Å². The zero-order valence-electron chi connectivity index (χ0n) is 14.3. The molecule has 0 fully saturated rings. The fourth-order valence-corrected chi connectivity index (χ4v) is 3.37. The van der Waals surface area contributed by atoms with Crippen molar-refractivity contribution < 1.29 is 9.53 Å². The van der Waals surface area contributed by atoms with Crippen LogP contribution < -0.4 is 10.1 Å². The second-order valence-electron chi connectivity index (χ2n) is 5.76. The van der Waals surface area contributed by atoms with Gasteiger partial charge in [-0.2, -0.15) is 0 Å². The first-order valence-corrected chi connectivity index (χ1v) is 9.81. The number of nitrogens with one attached hydrogen (secondary N) is 1. The fraction of sp³-hybridized carbons (Fsp3) is 0.316.